The van der Waals surface area contributed by atoms with Gasteiger partial charge in [-0.25, -0.2) is 4.79 Å². The average Bonchev–Trinajstić information content (AvgIpc) is 3.14. The van der Waals surface area contributed by atoms with Crippen molar-refractivity contribution in [2.45, 2.75) is 23.5 Å². The van der Waals surface area contributed by atoms with Gasteiger partial charge in [0.25, 0.3) is 5.56 Å². The molecule has 0 aliphatic carbocycles. The highest BCUT2D eigenvalue weighted by Gasteiger charge is 2.30. The lowest BCUT2D eigenvalue weighted by molar-refractivity contribution is -0.137. The van der Waals surface area contributed by atoms with Gasteiger partial charge >= 0.3 is 11.9 Å². The van der Waals surface area contributed by atoms with E-state index < -0.39 is 23.0 Å². The van der Waals surface area contributed by atoms with Crippen LogP contribution >= 0.6 is 23.4 Å². The fourth-order valence-electron chi connectivity index (χ4n) is 3.08. The van der Waals surface area contributed by atoms with Gasteiger partial charge in [0.1, 0.15) is 5.82 Å². The molecule has 2 heterocycles. The number of benzene rings is 2. The Morgan fingerprint density at radius 3 is 2.30 bits per heavy atom. The summed E-state index contributed by atoms with van der Waals surface area (Å²) in [4.78, 5) is 27.9. The van der Waals surface area contributed by atoms with Crippen molar-refractivity contribution in [1.82, 2.24) is 24.7 Å². The zero-order chi connectivity index (χ0) is 23.6. The predicted octanol–water partition coefficient (Wildman–Crippen LogP) is 4.20. The molecule has 0 radical (unpaired) electrons. The third-order valence-corrected chi connectivity index (χ3v) is 5.85. The molecule has 7 nitrogen and oxygen atoms in total. The number of H-pyrrole nitrogens is 2. The Morgan fingerprint density at radius 2 is 1.67 bits per heavy atom. The number of aromatic nitrogens is 5. The molecule has 170 valence electrons. The molecular weight excluding hydrogens is 479 g/mol. The normalized spacial score (nSPS) is 11.6. The molecule has 0 aliphatic heterocycles. The van der Waals surface area contributed by atoms with E-state index in [1.54, 1.807) is 28.8 Å². The zero-order valence-electron chi connectivity index (χ0n) is 16.7. The summed E-state index contributed by atoms with van der Waals surface area (Å²) in [6.45, 7) is 0. The molecule has 0 saturated heterocycles. The van der Waals surface area contributed by atoms with E-state index in [0.29, 0.717) is 38.7 Å². The lowest BCUT2D eigenvalue weighted by Gasteiger charge is -2.11. The number of thioether (sulfide) groups is 1. The van der Waals surface area contributed by atoms with Gasteiger partial charge in [0, 0.05) is 34.6 Å². The maximum atomic E-state index is 12.8. The highest BCUT2D eigenvalue weighted by Crippen LogP contribution is 2.31. The van der Waals surface area contributed by atoms with Gasteiger partial charge in [-0.05, 0) is 42.0 Å². The molecule has 0 saturated carbocycles. The number of alkyl halides is 3. The summed E-state index contributed by atoms with van der Waals surface area (Å²) in [5, 5.41) is 9.44. The van der Waals surface area contributed by atoms with Gasteiger partial charge in [0.15, 0.2) is 5.16 Å². The van der Waals surface area contributed by atoms with Crippen LogP contribution in [-0.2, 0) is 18.3 Å². The van der Waals surface area contributed by atoms with Crippen LogP contribution in [-0.4, -0.2) is 24.7 Å². The van der Waals surface area contributed by atoms with Crippen molar-refractivity contribution in [3.05, 3.63) is 103 Å². The molecule has 0 aliphatic rings. The van der Waals surface area contributed by atoms with Crippen LogP contribution in [0.15, 0.2) is 69.3 Å². The summed E-state index contributed by atoms with van der Waals surface area (Å²) in [6.07, 6.45) is -4.27. The van der Waals surface area contributed by atoms with E-state index in [2.05, 4.69) is 20.2 Å². The topological polar surface area (TPSA) is 96.4 Å². The van der Waals surface area contributed by atoms with E-state index in [9.17, 15) is 22.8 Å². The molecule has 2 N–H and O–H groups in total. The van der Waals surface area contributed by atoms with Crippen LogP contribution in [0, 0.1) is 0 Å². The van der Waals surface area contributed by atoms with Crippen LogP contribution in [0.4, 0.5) is 13.2 Å². The molecular formula is C21H15ClF3N5O2S. The van der Waals surface area contributed by atoms with Crippen LogP contribution in [0.25, 0.3) is 5.69 Å². The molecule has 0 amide bonds. The summed E-state index contributed by atoms with van der Waals surface area (Å²) in [7, 11) is 0. The second kappa shape index (κ2) is 9.28. The lowest BCUT2D eigenvalue weighted by Crippen LogP contribution is -2.23. The fourth-order valence-corrected chi connectivity index (χ4v) is 4.13. The second-order valence-electron chi connectivity index (χ2n) is 6.98. The van der Waals surface area contributed by atoms with Crippen LogP contribution in [0.3, 0.4) is 0 Å². The van der Waals surface area contributed by atoms with E-state index in [4.69, 9.17) is 11.6 Å². The lowest BCUT2D eigenvalue weighted by atomic mass is 10.1. The van der Waals surface area contributed by atoms with Crippen LogP contribution in [0.1, 0.15) is 22.6 Å². The van der Waals surface area contributed by atoms with E-state index in [-0.39, 0.29) is 6.42 Å². The van der Waals surface area contributed by atoms with Crippen molar-refractivity contribution in [3.8, 4) is 5.69 Å². The molecule has 0 bridgehead atoms. The van der Waals surface area contributed by atoms with E-state index in [1.807, 2.05) is 0 Å². The Morgan fingerprint density at radius 1 is 0.970 bits per heavy atom. The molecule has 0 spiro atoms. The maximum absolute atomic E-state index is 12.8. The van der Waals surface area contributed by atoms with Gasteiger partial charge < -0.3 is 4.98 Å². The zero-order valence-corrected chi connectivity index (χ0v) is 18.3. The minimum Gasteiger partial charge on any atom is -0.311 e. The van der Waals surface area contributed by atoms with E-state index in [1.165, 1.54) is 30.0 Å². The smallest absolute Gasteiger partial charge is 0.311 e. The highest BCUT2D eigenvalue weighted by molar-refractivity contribution is 7.98. The average molecular weight is 494 g/mol. The number of halogens is 4. The van der Waals surface area contributed by atoms with Gasteiger partial charge in [-0.2, -0.15) is 13.2 Å². The summed E-state index contributed by atoms with van der Waals surface area (Å²) >= 11 is 7.29. The quantitative estimate of drug-likeness (QED) is 0.392. The number of nitrogens with zero attached hydrogens (tertiary/aromatic N) is 3. The SMILES string of the molecule is O=c1cc(Cc2nnc(SCc3ccc(C(F)(F)F)cc3)n2-c2ccc(Cl)cc2)[nH]c(=O)[nH]1. The van der Waals surface area contributed by atoms with Gasteiger partial charge in [-0.3, -0.25) is 14.3 Å². The first-order valence-corrected chi connectivity index (χ1v) is 10.9. The van der Waals surface area contributed by atoms with Crippen molar-refractivity contribution in [3.63, 3.8) is 0 Å². The largest absolute Gasteiger partial charge is 0.416 e. The third kappa shape index (κ3) is 5.55. The minimum atomic E-state index is -4.39. The first-order chi connectivity index (χ1) is 15.7. The van der Waals surface area contributed by atoms with Crippen molar-refractivity contribution in [2.75, 3.05) is 0 Å². The third-order valence-electron chi connectivity index (χ3n) is 4.60. The standard InChI is InChI=1S/C21H15ClF3N5O2S/c22-14-5-7-16(8-6-14)30-17(9-15-10-18(31)27-19(32)26-15)28-29-20(30)33-11-12-1-3-13(4-2-12)21(23,24)25/h1-8,10H,9,11H2,(H2,26,27,31,32). The van der Waals surface area contributed by atoms with Crippen molar-refractivity contribution in [1.29, 1.82) is 0 Å². The number of hydrogen-bond acceptors (Lipinski definition) is 5. The Bertz CT molecular complexity index is 1350. The van der Waals surface area contributed by atoms with Crippen molar-refractivity contribution >= 4 is 23.4 Å². The van der Waals surface area contributed by atoms with Gasteiger partial charge in [0.05, 0.1) is 5.56 Å². The fraction of sp³-hybridized carbons (Fsp3) is 0.143. The first kappa shape index (κ1) is 22.9. The highest BCUT2D eigenvalue weighted by atomic mass is 35.5. The van der Waals surface area contributed by atoms with Crippen LogP contribution in [0.2, 0.25) is 5.02 Å². The van der Waals surface area contributed by atoms with Crippen LogP contribution < -0.4 is 11.2 Å². The summed E-state index contributed by atoms with van der Waals surface area (Å²) in [5.74, 6) is 0.805. The Kier molecular flexibility index (Phi) is 6.43. The molecule has 2 aromatic heterocycles. The monoisotopic (exact) mass is 493 g/mol. The van der Waals surface area contributed by atoms with Crippen molar-refractivity contribution in [2.24, 2.45) is 0 Å². The molecule has 0 fully saturated rings. The summed E-state index contributed by atoms with van der Waals surface area (Å²) in [6, 6.07) is 13.1. The molecule has 2 aromatic carbocycles. The Labute approximate surface area is 193 Å². The van der Waals surface area contributed by atoms with Gasteiger partial charge in [0.2, 0.25) is 0 Å². The summed E-state index contributed by atoms with van der Waals surface area (Å²) in [5.41, 5.74) is -0.156. The molecule has 0 atom stereocenters. The van der Waals surface area contributed by atoms with Gasteiger partial charge in [-0.15, -0.1) is 10.2 Å². The number of nitrogens with one attached hydrogen (secondary N) is 2. The number of aromatic amines is 2. The Balaban J connectivity index is 1.64. The Hall–Kier alpha value is -3.31. The predicted molar refractivity (Wildman–Crippen MR) is 118 cm³/mol. The molecule has 33 heavy (non-hydrogen) atoms. The minimum absolute atomic E-state index is 0.121. The summed E-state index contributed by atoms with van der Waals surface area (Å²) < 4.78 is 40.1. The molecule has 12 heteroatoms. The molecule has 0 unspecified atom stereocenters. The van der Waals surface area contributed by atoms with E-state index >= 15 is 0 Å². The first-order valence-electron chi connectivity index (χ1n) is 9.51. The number of hydrogen-bond donors (Lipinski definition) is 2. The maximum Gasteiger partial charge on any atom is 0.416 e. The number of rotatable bonds is 6. The molecule has 4 rings (SSSR count). The van der Waals surface area contributed by atoms with E-state index in [0.717, 1.165) is 12.1 Å². The molecule has 4 aromatic rings. The van der Waals surface area contributed by atoms with Crippen LogP contribution in [0.5, 0.6) is 0 Å². The second-order valence-corrected chi connectivity index (χ2v) is 8.36. The van der Waals surface area contributed by atoms with Crippen molar-refractivity contribution < 1.29 is 13.2 Å². The van der Waals surface area contributed by atoms with Gasteiger partial charge in [-0.1, -0.05) is 35.5 Å².